The van der Waals surface area contributed by atoms with Crippen molar-refractivity contribution in [3.8, 4) is 0 Å². The molecule has 6 heteroatoms. The van der Waals surface area contributed by atoms with Gasteiger partial charge in [0.05, 0.1) is 5.75 Å². The van der Waals surface area contributed by atoms with Gasteiger partial charge < -0.3 is 5.32 Å². The Morgan fingerprint density at radius 3 is 2.26 bits per heavy atom. The van der Waals surface area contributed by atoms with Gasteiger partial charge in [-0.05, 0) is 26.7 Å². The lowest BCUT2D eigenvalue weighted by Gasteiger charge is -2.38. The molecule has 0 bridgehead atoms. The van der Waals surface area contributed by atoms with Gasteiger partial charge in [-0.3, -0.25) is 4.90 Å². The van der Waals surface area contributed by atoms with E-state index in [4.69, 9.17) is 0 Å². The summed E-state index contributed by atoms with van der Waals surface area (Å²) in [5, 5.41) is 3.29. The summed E-state index contributed by atoms with van der Waals surface area (Å²) in [7, 11) is -3.11. The fraction of sp³-hybridized carbons (Fsp3) is 1.00. The smallest absolute Gasteiger partial charge is 0.215 e. The zero-order valence-electron chi connectivity index (χ0n) is 12.1. The highest BCUT2D eigenvalue weighted by molar-refractivity contribution is 7.89. The van der Waals surface area contributed by atoms with E-state index in [9.17, 15) is 8.42 Å². The second-order valence-corrected chi connectivity index (χ2v) is 7.86. The highest BCUT2D eigenvalue weighted by Crippen LogP contribution is 2.25. The standard InChI is InChI=1S/C13H27N3O2S/c1-12-4-3-5-13(2)16(12)19(17,18)11-10-15-8-6-14-7-9-15/h12-14H,3-11H2,1-2H3. The molecule has 0 amide bonds. The van der Waals surface area contributed by atoms with E-state index in [0.29, 0.717) is 6.54 Å². The second-order valence-electron chi connectivity index (χ2n) is 5.87. The zero-order chi connectivity index (χ0) is 13.9. The fourth-order valence-electron chi connectivity index (χ4n) is 3.23. The van der Waals surface area contributed by atoms with E-state index in [1.54, 1.807) is 4.31 Å². The molecule has 2 heterocycles. The van der Waals surface area contributed by atoms with Crippen molar-refractivity contribution in [1.82, 2.24) is 14.5 Å². The SMILES string of the molecule is CC1CCCC(C)N1S(=O)(=O)CCN1CCNCC1. The highest BCUT2D eigenvalue weighted by atomic mass is 32.2. The van der Waals surface area contributed by atoms with Crippen LogP contribution in [0.15, 0.2) is 0 Å². The molecule has 0 aromatic rings. The Morgan fingerprint density at radius 1 is 1.11 bits per heavy atom. The van der Waals surface area contributed by atoms with E-state index < -0.39 is 10.0 Å². The zero-order valence-corrected chi connectivity index (χ0v) is 13.0. The van der Waals surface area contributed by atoms with Gasteiger partial charge in [0, 0.05) is 44.8 Å². The van der Waals surface area contributed by atoms with Crippen LogP contribution in [0.25, 0.3) is 0 Å². The summed E-state index contributed by atoms with van der Waals surface area (Å²) in [4.78, 5) is 2.24. The fourth-order valence-corrected chi connectivity index (χ4v) is 5.24. The average Bonchev–Trinajstić information content (AvgIpc) is 2.37. The largest absolute Gasteiger partial charge is 0.314 e. The van der Waals surface area contributed by atoms with Crippen LogP contribution in [-0.2, 0) is 10.0 Å². The first-order valence-corrected chi connectivity index (χ1v) is 9.06. The van der Waals surface area contributed by atoms with Crippen molar-refractivity contribution < 1.29 is 8.42 Å². The Bertz CT molecular complexity index is 369. The topological polar surface area (TPSA) is 52.7 Å². The van der Waals surface area contributed by atoms with Crippen molar-refractivity contribution >= 4 is 10.0 Å². The van der Waals surface area contributed by atoms with Gasteiger partial charge in [-0.1, -0.05) is 6.42 Å². The molecular weight excluding hydrogens is 262 g/mol. The Balaban J connectivity index is 1.92. The molecule has 2 atom stereocenters. The van der Waals surface area contributed by atoms with E-state index >= 15 is 0 Å². The first-order chi connectivity index (χ1) is 9.00. The van der Waals surface area contributed by atoms with Crippen molar-refractivity contribution in [1.29, 1.82) is 0 Å². The van der Waals surface area contributed by atoms with Gasteiger partial charge >= 0.3 is 0 Å². The number of hydrogen-bond donors (Lipinski definition) is 1. The summed E-state index contributed by atoms with van der Waals surface area (Å²) >= 11 is 0. The van der Waals surface area contributed by atoms with Crippen LogP contribution in [0.4, 0.5) is 0 Å². The molecule has 2 aliphatic heterocycles. The molecule has 19 heavy (non-hydrogen) atoms. The van der Waals surface area contributed by atoms with Gasteiger partial charge in [0.25, 0.3) is 0 Å². The minimum Gasteiger partial charge on any atom is -0.314 e. The number of rotatable bonds is 4. The van der Waals surface area contributed by atoms with Crippen LogP contribution in [0.5, 0.6) is 0 Å². The summed E-state index contributed by atoms with van der Waals surface area (Å²) in [6, 6.07) is 0.327. The molecule has 5 nitrogen and oxygen atoms in total. The van der Waals surface area contributed by atoms with E-state index in [-0.39, 0.29) is 17.8 Å². The summed E-state index contributed by atoms with van der Waals surface area (Å²) in [6.07, 6.45) is 3.14. The van der Waals surface area contributed by atoms with Crippen LogP contribution in [0.2, 0.25) is 0 Å². The highest BCUT2D eigenvalue weighted by Gasteiger charge is 2.34. The predicted octanol–water partition coefficient (Wildman–Crippen LogP) is 0.484. The maximum atomic E-state index is 12.5. The number of piperazine rings is 1. The van der Waals surface area contributed by atoms with Crippen LogP contribution < -0.4 is 5.32 Å². The lowest BCUT2D eigenvalue weighted by atomic mass is 10.0. The average molecular weight is 289 g/mol. The molecule has 0 aromatic heterocycles. The van der Waals surface area contributed by atoms with Crippen molar-refractivity contribution in [3.05, 3.63) is 0 Å². The van der Waals surface area contributed by atoms with Gasteiger partial charge in [-0.25, -0.2) is 8.42 Å². The molecule has 0 aliphatic carbocycles. The predicted molar refractivity (Wildman–Crippen MR) is 77.7 cm³/mol. The third kappa shape index (κ3) is 3.90. The van der Waals surface area contributed by atoms with Crippen molar-refractivity contribution in [2.75, 3.05) is 38.5 Å². The van der Waals surface area contributed by atoms with Crippen LogP contribution >= 0.6 is 0 Å². The van der Waals surface area contributed by atoms with Crippen molar-refractivity contribution in [2.24, 2.45) is 0 Å². The van der Waals surface area contributed by atoms with Crippen molar-refractivity contribution in [2.45, 2.75) is 45.2 Å². The van der Waals surface area contributed by atoms with Crippen LogP contribution in [-0.4, -0.2) is 68.2 Å². The van der Waals surface area contributed by atoms with Gasteiger partial charge in [0.1, 0.15) is 0 Å². The molecule has 2 rings (SSSR count). The first-order valence-electron chi connectivity index (χ1n) is 7.45. The molecule has 1 N–H and O–H groups in total. The number of nitrogens with one attached hydrogen (secondary N) is 1. The Labute approximate surface area is 117 Å². The summed E-state index contributed by atoms with van der Waals surface area (Å²) in [5.41, 5.74) is 0. The van der Waals surface area contributed by atoms with Gasteiger partial charge in [0.2, 0.25) is 10.0 Å². The molecule has 2 unspecified atom stereocenters. The first kappa shape index (κ1) is 15.2. The Hall–Kier alpha value is -0.170. The van der Waals surface area contributed by atoms with E-state index in [2.05, 4.69) is 10.2 Å². The lowest BCUT2D eigenvalue weighted by molar-refractivity contribution is 0.201. The molecule has 0 spiro atoms. The third-order valence-corrected chi connectivity index (χ3v) is 6.37. The maximum absolute atomic E-state index is 12.5. The summed E-state index contributed by atoms with van der Waals surface area (Å²) in [5.74, 6) is 0.266. The molecule has 2 aliphatic rings. The number of nitrogens with zero attached hydrogens (tertiary/aromatic N) is 2. The van der Waals surface area contributed by atoms with Gasteiger partial charge in [-0.2, -0.15) is 4.31 Å². The molecular formula is C13H27N3O2S. The van der Waals surface area contributed by atoms with Gasteiger partial charge in [-0.15, -0.1) is 0 Å². The van der Waals surface area contributed by atoms with Gasteiger partial charge in [0.15, 0.2) is 0 Å². The molecule has 0 saturated carbocycles. The van der Waals surface area contributed by atoms with Crippen molar-refractivity contribution in [3.63, 3.8) is 0 Å². The Kier molecular flexibility index (Phi) is 5.22. The van der Waals surface area contributed by atoms with E-state index in [1.807, 2.05) is 13.8 Å². The Morgan fingerprint density at radius 2 is 1.68 bits per heavy atom. The van der Waals surface area contributed by atoms with Crippen LogP contribution in [0, 0.1) is 0 Å². The quantitative estimate of drug-likeness (QED) is 0.818. The molecule has 2 saturated heterocycles. The summed E-state index contributed by atoms with van der Waals surface area (Å²) < 4.78 is 26.8. The molecule has 112 valence electrons. The minimum absolute atomic E-state index is 0.164. The molecule has 0 aromatic carbocycles. The lowest BCUT2D eigenvalue weighted by Crippen LogP contribution is -2.51. The number of piperidine rings is 1. The number of sulfonamides is 1. The maximum Gasteiger partial charge on any atom is 0.215 e. The third-order valence-electron chi connectivity index (χ3n) is 4.31. The normalized spacial score (nSPS) is 31.5. The summed E-state index contributed by atoms with van der Waals surface area (Å²) in [6.45, 7) is 8.60. The van der Waals surface area contributed by atoms with E-state index in [0.717, 1.165) is 45.4 Å². The van der Waals surface area contributed by atoms with Crippen LogP contribution in [0.1, 0.15) is 33.1 Å². The van der Waals surface area contributed by atoms with E-state index in [1.165, 1.54) is 0 Å². The monoisotopic (exact) mass is 289 g/mol. The molecule has 0 radical (unpaired) electrons. The minimum atomic E-state index is -3.11. The second kappa shape index (κ2) is 6.52. The number of hydrogen-bond acceptors (Lipinski definition) is 4. The molecule has 2 fully saturated rings. The van der Waals surface area contributed by atoms with Crippen LogP contribution in [0.3, 0.4) is 0 Å².